The van der Waals surface area contributed by atoms with Gasteiger partial charge in [0.15, 0.2) is 0 Å². The zero-order valence-corrected chi connectivity index (χ0v) is 4.44. The highest BCUT2D eigenvalue weighted by Gasteiger charge is 2.06. The molecule has 0 radical (unpaired) electrons. The average molecular weight is 112 g/mol. The predicted octanol–water partition coefficient (Wildman–Crippen LogP) is -1.47. The summed E-state index contributed by atoms with van der Waals surface area (Å²) >= 11 is 0. The van der Waals surface area contributed by atoms with E-state index < -0.39 is 0 Å². The fourth-order valence-electron chi connectivity index (χ4n) is 0.574. The van der Waals surface area contributed by atoms with Gasteiger partial charge >= 0.3 is 0 Å². The second-order valence-electron chi connectivity index (χ2n) is 1.57. The molecule has 1 heterocycles. The lowest BCUT2D eigenvalue weighted by Crippen LogP contribution is -2.54. The Kier molecular flexibility index (Phi) is 1.80. The number of hydrogen-bond acceptors (Lipinski definition) is 4. The van der Waals surface area contributed by atoms with Gasteiger partial charge in [-0.2, -0.15) is 5.26 Å². The topological polar surface area (TPSA) is 59.9 Å². The summed E-state index contributed by atoms with van der Waals surface area (Å²) in [6, 6.07) is 2.04. The summed E-state index contributed by atoms with van der Waals surface area (Å²) in [5, 5.41) is 17.0. The van der Waals surface area contributed by atoms with Crippen molar-refractivity contribution in [2.75, 3.05) is 13.3 Å². The summed E-state index contributed by atoms with van der Waals surface area (Å²) in [7, 11) is 0. The van der Waals surface area contributed by atoms with E-state index in [-0.39, 0.29) is 6.17 Å². The summed E-state index contributed by atoms with van der Waals surface area (Å²) in [6.45, 7) is 1.43. The van der Waals surface area contributed by atoms with Crippen molar-refractivity contribution in [2.45, 2.75) is 6.17 Å². The third-order valence-electron chi connectivity index (χ3n) is 0.991. The van der Waals surface area contributed by atoms with Crippen molar-refractivity contribution < 1.29 is 0 Å². The van der Waals surface area contributed by atoms with E-state index in [2.05, 4.69) is 16.0 Å². The number of nitrogens with one attached hydrogen (secondary N) is 3. The van der Waals surface area contributed by atoms with Gasteiger partial charge in [-0.3, -0.25) is 16.0 Å². The van der Waals surface area contributed by atoms with Crippen LogP contribution in [0, 0.1) is 11.3 Å². The summed E-state index contributed by atoms with van der Waals surface area (Å²) in [6.07, 6.45) is -0.170. The molecule has 0 amide bonds. The van der Waals surface area contributed by atoms with Crippen molar-refractivity contribution in [3.63, 3.8) is 0 Å². The molecule has 4 nitrogen and oxygen atoms in total. The normalized spacial score (nSPS) is 22.4. The van der Waals surface area contributed by atoms with Gasteiger partial charge in [0.05, 0.1) is 6.07 Å². The largest absolute Gasteiger partial charge is 0.292 e. The van der Waals surface area contributed by atoms with Crippen LogP contribution < -0.4 is 16.0 Å². The smallest absolute Gasteiger partial charge is 0.149 e. The maximum atomic E-state index is 8.29. The highest BCUT2D eigenvalue weighted by Crippen LogP contribution is 1.74. The van der Waals surface area contributed by atoms with Crippen LogP contribution in [0.25, 0.3) is 0 Å². The van der Waals surface area contributed by atoms with Gasteiger partial charge in [0.1, 0.15) is 6.17 Å². The Labute approximate surface area is 47.9 Å². The summed E-state index contributed by atoms with van der Waals surface area (Å²) in [4.78, 5) is 0. The second-order valence-corrected chi connectivity index (χ2v) is 1.57. The van der Waals surface area contributed by atoms with Crippen molar-refractivity contribution in [2.24, 2.45) is 0 Å². The highest BCUT2D eigenvalue weighted by molar-refractivity contribution is 4.88. The maximum Gasteiger partial charge on any atom is 0.149 e. The first-order chi connectivity index (χ1) is 3.93. The van der Waals surface area contributed by atoms with E-state index in [1.165, 1.54) is 0 Å². The molecule has 44 valence electrons. The highest BCUT2D eigenvalue weighted by atomic mass is 15.3. The molecular weight excluding hydrogens is 104 g/mol. The number of hydrogen-bond donors (Lipinski definition) is 3. The lowest BCUT2D eigenvalue weighted by Gasteiger charge is -2.19. The molecule has 0 aromatic rings. The quantitative estimate of drug-likeness (QED) is 0.358. The fourth-order valence-corrected chi connectivity index (χ4v) is 0.574. The molecule has 0 aromatic carbocycles. The van der Waals surface area contributed by atoms with E-state index in [0.29, 0.717) is 13.3 Å². The average Bonchev–Trinajstić information content (AvgIpc) is 1.90. The lowest BCUT2D eigenvalue weighted by atomic mass is 10.5. The van der Waals surface area contributed by atoms with Gasteiger partial charge in [-0.25, -0.2) is 0 Å². The van der Waals surface area contributed by atoms with Gasteiger partial charge in [0.2, 0.25) is 0 Å². The molecule has 1 fully saturated rings. The Morgan fingerprint density at radius 3 is 2.38 bits per heavy atom. The Hall–Kier alpha value is -0.630. The first-order valence-corrected chi connectivity index (χ1v) is 2.50. The molecule has 8 heavy (non-hydrogen) atoms. The van der Waals surface area contributed by atoms with Gasteiger partial charge in [-0.15, -0.1) is 0 Å². The second kappa shape index (κ2) is 2.62. The van der Waals surface area contributed by atoms with Crippen LogP contribution in [0.2, 0.25) is 0 Å². The Morgan fingerprint density at radius 1 is 1.38 bits per heavy atom. The van der Waals surface area contributed by atoms with Gasteiger partial charge < -0.3 is 0 Å². The molecule has 1 aliphatic rings. The van der Waals surface area contributed by atoms with E-state index >= 15 is 0 Å². The SMILES string of the molecule is N#CC1NCNCN1. The van der Waals surface area contributed by atoms with Crippen LogP contribution in [-0.2, 0) is 0 Å². The Bertz CT molecular complexity index is 99.1. The first-order valence-electron chi connectivity index (χ1n) is 2.50. The van der Waals surface area contributed by atoms with E-state index in [1.54, 1.807) is 0 Å². The van der Waals surface area contributed by atoms with E-state index in [1.807, 2.05) is 6.07 Å². The molecule has 1 rings (SSSR count). The van der Waals surface area contributed by atoms with Gasteiger partial charge in [0, 0.05) is 13.3 Å². The van der Waals surface area contributed by atoms with Crippen LogP contribution in [0.5, 0.6) is 0 Å². The molecule has 1 saturated heterocycles. The number of nitriles is 1. The van der Waals surface area contributed by atoms with Gasteiger partial charge in [0.25, 0.3) is 0 Å². The van der Waals surface area contributed by atoms with Crippen LogP contribution in [0.4, 0.5) is 0 Å². The molecule has 0 saturated carbocycles. The third kappa shape index (κ3) is 1.17. The van der Waals surface area contributed by atoms with Crippen molar-refractivity contribution in [3.8, 4) is 6.07 Å². The van der Waals surface area contributed by atoms with Crippen molar-refractivity contribution in [1.82, 2.24) is 16.0 Å². The zero-order chi connectivity index (χ0) is 5.82. The zero-order valence-electron chi connectivity index (χ0n) is 4.44. The maximum absolute atomic E-state index is 8.29. The molecule has 0 atom stereocenters. The summed E-state index contributed by atoms with van der Waals surface area (Å²) in [5.41, 5.74) is 0. The molecule has 3 N–H and O–H groups in total. The van der Waals surface area contributed by atoms with Gasteiger partial charge in [-0.05, 0) is 0 Å². The minimum atomic E-state index is -0.170. The molecule has 0 bridgehead atoms. The minimum absolute atomic E-state index is 0.170. The van der Waals surface area contributed by atoms with Crippen LogP contribution in [-0.4, -0.2) is 19.5 Å². The molecule has 0 unspecified atom stereocenters. The summed E-state index contributed by atoms with van der Waals surface area (Å²) < 4.78 is 0. The molecule has 1 aliphatic heterocycles. The van der Waals surface area contributed by atoms with Crippen LogP contribution in [0.3, 0.4) is 0 Å². The monoisotopic (exact) mass is 112 g/mol. The lowest BCUT2D eigenvalue weighted by molar-refractivity contribution is 0.389. The van der Waals surface area contributed by atoms with Gasteiger partial charge in [-0.1, -0.05) is 0 Å². The number of rotatable bonds is 0. The Morgan fingerprint density at radius 2 is 2.00 bits per heavy atom. The predicted molar refractivity (Wildman–Crippen MR) is 28.5 cm³/mol. The van der Waals surface area contributed by atoms with E-state index in [9.17, 15) is 0 Å². The third-order valence-corrected chi connectivity index (χ3v) is 0.991. The molecule has 4 heteroatoms. The fraction of sp³-hybridized carbons (Fsp3) is 0.750. The molecule has 0 aromatic heterocycles. The molecule has 0 aliphatic carbocycles. The minimum Gasteiger partial charge on any atom is -0.292 e. The van der Waals surface area contributed by atoms with Crippen molar-refractivity contribution in [1.29, 1.82) is 5.26 Å². The van der Waals surface area contributed by atoms with Crippen molar-refractivity contribution in [3.05, 3.63) is 0 Å². The number of nitrogens with zero attached hydrogens (tertiary/aromatic N) is 1. The molecule has 0 spiro atoms. The Balaban J connectivity index is 2.25. The van der Waals surface area contributed by atoms with Crippen LogP contribution >= 0.6 is 0 Å². The van der Waals surface area contributed by atoms with E-state index in [0.717, 1.165) is 0 Å². The van der Waals surface area contributed by atoms with Crippen molar-refractivity contribution >= 4 is 0 Å². The van der Waals surface area contributed by atoms with Crippen LogP contribution in [0.1, 0.15) is 0 Å². The molecular formula is C4H8N4. The summed E-state index contributed by atoms with van der Waals surface area (Å²) in [5.74, 6) is 0. The standard InChI is InChI=1S/C4H8N4/c5-1-4-7-2-6-3-8-4/h4,6-8H,2-3H2. The van der Waals surface area contributed by atoms with Crippen LogP contribution in [0.15, 0.2) is 0 Å². The van der Waals surface area contributed by atoms with E-state index in [4.69, 9.17) is 5.26 Å². The first kappa shape index (κ1) is 5.51.